The number of hydrogen-bond donors (Lipinski definition) is 0. The van der Waals surface area contributed by atoms with Gasteiger partial charge >= 0.3 is 8.80 Å². The lowest BCUT2D eigenvalue weighted by atomic mass is 10.2. The maximum atomic E-state index is 8.71. The summed E-state index contributed by atoms with van der Waals surface area (Å²) in [6.07, 6.45) is 3.04. The van der Waals surface area contributed by atoms with Gasteiger partial charge in [0.1, 0.15) is 0 Å². The molecule has 1 atom stereocenters. The molecule has 1 rings (SSSR count). The summed E-state index contributed by atoms with van der Waals surface area (Å²) in [7, 11) is 0.0664. The van der Waals surface area contributed by atoms with Gasteiger partial charge in [0.05, 0.1) is 0 Å². The van der Waals surface area contributed by atoms with Crippen LogP contribution in [0.25, 0.3) is 0 Å². The summed E-state index contributed by atoms with van der Waals surface area (Å²) in [5, 5.41) is 8.71. The zero-order valence-electron chi connectivity index (χ0n) is 12.2. The van der Waals surface area contributed by atoms with E-state index in [2.05, 4.69) is 0 Å². The van der Waals surface area contributed by atoms with Crippen LogP contribution in [-0.4, -0.2) is 35.4 Å². The molecule has 1 unspecified atom stereocenters. The van der Waals surface area contributed by atoms with Crippen molar-refractivity contribution in [1.82, 2.24) is 0 Å². The second-order valence-corrected chi connectivity index (χ2v) is 7.16. The smallest absolute Gasteiger partial charge is 0.420 e. The van der Waals surface area contributed by atoms with Crippen molar-refractivity contribution < 1.29 is 18.0 Å². The van der Waals surface area contributed by atoms with E-state index < -0.39 is 14.5 Å². The standard InChI is InChI=1S/C14H21NO4Si/c1-4-14(18-12-15)20(16-2,17-3)19-11-10-13-8-6-5-7-9-13/h5-9,14H,4,10-11H2,1-3H3. The van der Waals surface area contributed by atoms with Crippen LogP contribution in [0.1, 0.15) is 18.9 Å². The molecule has 0 aliphatic rings. The van der Waals surface area contributed by atoms with Crippen LogP contribution in [-0.2, 0) is 24.4 Å². The molecule has 0 aromatic heterocycles. The molecule has 6 heteroatoms. The average molecular weight is 295 g/mol. The molecule has 0 amide bonds. The van der Waals surface area contributed by atoms with Crippen LogP contribution < -0.4 is 0 Å². The van der Waals surface area contributed by atoms with Gasteiger partial charge in [-0.2, -0.15) is 5.26 Å². The van der Waals surface area contributed by atoms with Crippen LogP contribution in [0.15, 0.2) is 30.3 Å². The largest absolute Gasteiger partial charge is 0.544 e. The van der Waals surface area contributed by atoms with Crippen LogP contribution in [0.5, 0.6) is 0 Å². The summed E-state index contributed by atoms with van der Waals surface area (Å²) in [5.74, 6) is 0. The molecule has 0 aliphatic heterocycles. The van der Waals surface area contributed by atoms with Gasteiger partial charge in [-0.05, 0) is 18.4 Å². The Morgan fingerprint density at radius 2 is 1.85 bits per heavy atom. The summed E-state index contributed by atoms with van der Waals surface area (Å²) >= 11 is 0. The molecular weight excluding hydrogens is 274 g/mol. The molecule has 0 radical (unpaired) electrons. The van der Waals surface area contributed by atoms with Crippen LogP contribution in [0.4, 0.5) is 0 Å². The first kappa shape index (κ1) is 16.7. The summed E-state index contributed by atoms with van der Waals surface area (Å²) in [6.45, 7) is 2.37. The molecule has 0 fully saturated rings. The Morgan fingerprint density at radius 1 is 1.20 bits per heavy atom. The van der Waals surface area contributed by atoms with Gasteiger partial charge in [-0.25, -0.2) is 0 Å². The number of benzene rings is 1. The van der Waals surface area contributed by atoms with Gasteiger partial charge in [0.2, 0.25) is 0 Å². The molecule has 20 heavy (non-hydrogen) atoms. The number of nitrogens with zero attached hydrogens (tertiary/aromatic N) is 1. The maximum Gasteiger partial charge on any atom is 0.544 e. The Hall–Kier alpha value is -1.39. The second-order valence-electron chi connectivity index (χ2n) is 4.20. The van der Waals surface area contributed by atoms with Crippen molar-refractivity contribution >= 4 is 8.80 Å². The summed E-state index contributed by atoms with van der Waals surface area (Å²) in [4.78, 5) is 0. The van der Waals surface area contributed by atoms with Crippen LogP contribution in [0.2, 0.25) is 0 Å². The molecule has 0 saturated carbocycles. The molecule has 0 N–H and O–H groups in total. The first-order valence-corrected chi connectivity index (χ1v) is 8.35. The third kappa shape index (κ3) is 4.32. The van der Waals surface area contributed by atoms with Crippen LogP contribution in [0.3, 0.4) is 0 Å². The van der Waals surface area contributed by atoms with Gasteiger partial charge in [-0.3, -0.25) is 0 Å². The van der Waals surface area contributed by atoms with Crippen molar-refractivity contribution in [2.75, 3.05) is 20.8 Å². The van der Waals surface area contributed by atoms with E-state index in [1.165, 1.54) is 19.8 Å². The normalized spacial score (nSPS) is 12.7. The highest BCUT2D eigenvalue weighted by Gasteiger charge is 2.49. The first-order chi connectivity index (χ1) is 9.72. The van der Waals surface area contributed by atoms with E-state index in [4.69, 9.17) is 23.3 Å². The van der Waals surface area contributed by atoms with E-state index in [1.807, 2.05) is 37.3 Å². The predicted octanol–water partition coefficient (Wildman–Crippen LogP) is 2.29. The third-order valence-electron chi connectivity index (χ3n) is 3.07. The Kier molecular flexibility index (Phi) is 7.26. The molecule has 110 valence electrons. The van der Waals surface area contributed by atoms with E-state index in [1.54, 1.807) is 6.26 Å². The lowest BCUT2D eigenvalue weighted by molar-refractivity contribution is 0.0399. The second kappa shape index (κ2) is 8.71. The molecular formula is C14H21NO4Si. The molecule has 1 aromatic rings. The summed E-state index contributed by atoms with van der Waals surface area (Å²) < 4.78 is 21.8. The molecule has 0 bridgehead atoms. The lowest BCUT2D eigenvalue weighted by Crippen LogP contribution is -2.56. The first-order valence-electron chi connectivity index (χ1n) is 6.55. The van der Waals surface area contributed by atoms with Crippen molar-refractivity contribution in [3.05, 3.63) is 35.9 Å². The number of rotatable bonds is 9. The van der Waals surface area contributed by atoms with Gasteiger partial charge in [-0.15, -0.1) is 0 Å². The average Bonchev–Trinajstić information content (AvgIpc) is 2.51. The van der Waals surface area contributed by atoms with Crippen LogP contribution >= 0.6 is 0 Å². The quantitative estimate of drug-likeness (QED) is 0.517. The Balaban J connectivity index is 2.64. The van der Waals surface area contributed by atoms with Crippen molar-refractivity contribution in [2.45, 2.75) is 25.5 Å². The van der Waals surface area contributed by atoms with E-state index in [-0.39, 0.29) is 0 Å². The van der Waals surface area contributed by atoms with Gasteiger partial charge in [0.15, 0.2) is 5.73 Å². The zero-order chi connectivity index (χ0) is 14.8. The third-order valence-corrected chi connectivity index (χ3v) is 6.13. The molecule has 0 saturated heterocycles. The highest BCUT2D eigenvalue weighted by molar-refractivity contribution is 6.62. The van der Waals surface area contributed by atoms with Gasteiger partial charge in [0, 0.05) is 20.8 Å². The molecule has 5 nitrogen and oxygen atoms in total. The minimum atomic E-state index is -2.99. The van der Waals surface area contributed by atoms with Crippen molar-refractivity contribution in [3.63, 3.8) is 0 Å². The Morgan fingerprint density at radius 3 is 2.35 bits per heavy atom. The van der Waals surface area contributed by atoms with Gasteiger partial charge in [-0.1, -0.05) is 37.3 Å². The Bertz CT molecular complexity index is 417. The fraction of sp³-hybridized carbons (Fsp3) is 0.500. The summed E-state index contributed by atoms with van der Waals surface area (Å²) in [5.41, 5.74) is 0.704. The lowest BCUT2D eigenvalue weighted by Gasteiger charge is -2.31. The number of ether oxygens (including phenoxy) is 1. The predicted molar refractivity (Wildman–Crippen MR) is 76.6 cm³/mol. The van der Waals surface area contributed by atoms with E-state index in [0.717, 1.165) is 6.42 Å². The topological polar surface area (TPSA) is 60.7 Å². The van der Waals surface area contributed by atoms with E-state index in [9.17, 15) is 0 Å². The molecule has 0 spiro atoms. The highest BCUT2D eigenvalue weighted by atomic mass is 28.4. The number of hydrogen-bond acceptors (Lipinski definition) is 5. The van der Waals surface area contributed by atoms with Gasteiger partial charge < -0.3 is 18.0 Å². The highest BCUT2D eigenvalue weighted by Crippen LogP contribution is 2.19. The molecule has 0 heterocycles. The van der Waals surface area contributed by atoms with Crippen molar-refractivity contribution in [1.29, 1.82) is 5.26 Å². The minimum Gasteiger partial charge on any atom is -0.420 e. The minimum absolute atomic E-state index is 0.462. The Labute approximate surface area is 121 Å². The zero-order valence-corrected chi connectivity index (χ0v) is 13.2. The molecule has 1 aromatic carbocycles. The fourth-order valence-corrected chi connectivity index (χ4v) is 4.18. The maximum absolute atomic E-state index is 8.71. The SMILES string of the molecule is CCC(OC#N)[Si](OC)(OC)OCCc1ccccc1. The fourth-order valence-electron chi connectivity index (χ4n) is 1.98. The van der Waals surface area contributed by atoms with E-state index in [0.29, 0.717) is 13.0 Å². The summed E-state index contributed by atoms with van der Waals surface area (Å²) in [6, 6.07) is 10.0. The number of nitriles is 1. The monoisotopic (exact) mass is 295 g/mol. The van der Waals surface area contributed by atoms with E-state index >= 15 is 0 Å². The molecule has 0 aliphatic carbocycles. The van der Waals surface area contributed by atoms with Crippen LogP contribution in [0, 0.1) is 11.5 Å². The van der Waals surface area contributed by atoms with Crippen molar-refractivity contribution in [3.8, 4) is 6.26 Å². The van der Waals surface area contributed by atoms with Crippen molar-refractivity contribution in [2.24, 2.45) is 0 Å². The van der Waals surface area contributed by atoms with Gasteiger partial charge in [0.25, 0.3) is 6.26 Å².